The first-order chi connectivity index (χ1) is 9.69. The second-order valence-electron chi connectivity index (χ2n) is 3.68. The Balaban J connectivity index is 1.96. The molecule has 1 N–H and O–H groups in total. The van der Waals surface area contributed by atoms with Crippen LogP contribution in [0.15, 0.2) is 39.2 Å². The molecule has 0 fully saturated rings. The lowest BCUT2D eigenvalue weighted by molar-refractivity contribution is 0.0520. The number of nitrogens with one attached hydrogen (secondary N) is 1. The molecule has 104 valence electrons. The van der Waals surface area contributed by atoms with Crippen LogP contribution in [0.5, 0.6) is 0 Å². The number of benzene rings is 1. The van der Waals surface area contributed by atoms with Crippen LogP contribution in [0.25, 0.3) is 0 Å². The second kappa shape index (κ2) is 7.16. The van der Waals surface area contributed by atoms with Crippen LogP contribution in [0.2, 0.25) is 0 Å². The fourth-order valence-corrected chi connectivity index (χ4v) is 2.42. The van der Waals surface area contributed by atoms with Crippen LogP contribution >= 0.6 is 27.3 Å². The van der Waals surface area contributed by atoms with E-state index in [0.717, 1.165) is 10.0 Å². The van der Waals surface area contributed by atoms with Crippen molar-refractivity contribution in [3.05, 3.63) is 45.4 Å². The highest BCUT2D eigenvalue weighted by atomic mass is 79.9. The van der Waals surface area contributed by atoms with Gasteiger partial charge in [-0.3, -0.25) is 5.43 Å². The first-order valence-electron chi connectivity index (χ1n) is 5.86. The third-order valence-electron chi connectivity index (χ3n) is 2.21. The van der Waals surface area contributed by atoms with E-state index in [1.165, 1.54) is 11.3 Å². The van der Waals surface area contributed by atoms with Gasteiger partial charge in [0.1, 0.15) is 0 Å². The molecule has 1 aromatic heterocycles. The molecule has 0 aliphatic rings. The van der Waals surface area contributed by atoms with Gasteiger partial charge in [0, 0.05) is 9.85 Å². The zero-order valence-corrected chi connectivity index (χ0v) is 13.1. The molecule has 1 heterocycles. The van der Waals surface area contributed by atoms with Crippen molar-refractivity contribution in [3.8, 4) is 0 Å². The molecular formula is C13H12BrN3O2S. The van der Waals surface area contributed by atoms with E-state index in [4.69, 9.17) is 4.74 Å². The highest BCUT2D eigenvalue weighted by Crippen LogP contribution is 2.16. The minimum atomic E-state index is -0.423. The molecule has 20 heavy (non-hydrogen) atoms. The van der Waals surface area contributed by atoms with E-state index in [1.54, 1.807) is 18.5 Å². The Kier molecular flexibility index (Phi) is 5.25. The lowest BCUT2D eigenvalue weighted by Gasteiger charge is -1.96. The van der Waals surface area contributed by atoms with E-state index in [2.05, 4.69) is 31.4 Å². The Morgan fingerprint density at radius 3 is 3.20 bits per heavy atom. The molecule has 0 spiro atoms. The van der Waals surface area contributed by atoms with Gasteiger partial charge in [-0.2, -0.15) is 5.10 Å². The molecule has 2 aromatic rings. The van der Waals surface area contributed by atoms with E-state index in [0.29, 0.717) is 11.7 Å². The molecule has 5 nitrogen and oxygen atoms in total. The number of hydrogen-bond donors (Lipinski definition) is 1. The van der Waals surface area contributed by atoms with Crippen molar-refractivity contribution in [1.29, 1.82) is 0 Å². The number of halogens is 1. The fourth-order valence-electron chi connectivity index (χ4n) is 1.37. The van der Waals surface area contributed by atoms with Crippen molar-refractivity contribution in [2.45, 2.75) is 6.92 Å². The summed E-state index contributed by atoms with van der Waals surface area (Å²) >= 11 is 4.69. The number of esters is 1. The first kappa shape index (κ1) is 14.7. The highest BCUT2D eigenvalue weighted by molar-refractivity contribution is 9.10. The molecule has 1 aromatic carbocycles. The molecule has 0 aliphatic carbocycles. The van der Waals surface area contributed by atoms with E-state index < -0.39 is 5.97 Å². The summed E-state index contributed by atoms with van der Waals surface area (Å²) in [6.45, 7) is 2.09. The van der Waals surface area contributed by atoms with Crippen LogP contribution in [0.4, 0.5) is 5.13 Å². The molecule has 7 heteroatoms. The Labute approximate surface area is 128 Å². The van der Waals surface area contributed by atoms with Crippen LogP contribution in [0, 0.1) is 0 Å². The van der Waals surface area contributed by atoms with Crippen LogP contribution in [-0.4, -0.2) is 23.8 Å². The van der Waals surface area contributed by atoms with E-state index in [1.807, 2.05) is 24.3 Å². The Morgan fingerprint density at radius 2 is 2.45 bits per heavy atom. The van der Waals surface area contributed by atoms with E-state index in [-0.39, 0.29) is 5.69 Å². The van der Waals surface area contributed by atoms with Crippen LogP contribution in [0.1, 0.15) is 23.0 Å². The number of hydrazone groups is 1. The summed E-state index contributed by atoms with van der Waals surface area (Å²) in [6, 6.07) is 7.74. The van der Waals surface area contributed by atoms with Gasteiger partial charge in [0.25, 0.3) is 0 Å². The van der Waals surface area contributed by atoms with Crippen LogP contribution in [0.3, 0.4) is 0 Å². The standard InChI is InChI=1S/C13H12BrN3O2S/c1-2-19-12(18)11-8-20-13(16-11)17-15-7-9-4-3-5-10(14)6-9/h3-8H,2H2,1H3,(H,16,17)/b15-7+. The summed E-state index contributed by atoms with van der Waals surface area (Å²) in [5.41, 5.74) is 4.03. The topological polar surface area (TPSA) is 63.6 Å². The van der Waals surface area contributed by atoms with Gasteiger partial charge in [-0.1, -0.05) is 28.1 Å². The summed E-state index contributed by atoms with van der Waals surface area (Å²) < 4.78 is 5.85. The van der Waals surface area contributed by atoms with Gasteiger partial charge in [-0.15, -0.1) is 11.3 Å². The summed E-state index contributed by atoms with van der Waals surface area (Å²) in [7, 11) is 0. The summed E-state index contributed by atoms with van der Waals surface area (Å²) in [5, 5.41) is 6.25. The third kappa shape index (κ3) is 4.14. The number of anilines is 1. The zero-order chi connectivity index (χ0) is 14.4. The molecule has 0 aliphatic heterocycles. The third-order valence-corrected chi connectivity index (χ3v) is 3.45. The van der Waals surface area contributed by atoms with Crippen LogP contribution < -0.4 is 5.43 Å². The maximum atomic E-state index is 11.4. The molecule has 0 saturated carbocycles. The van der Waals surface area contributed by atoms with Crippen LogP contribution in [-0.2, 0) is 4.74 Å². The molecule has 0 amide bonds. The molecule has 0 radical (unpaired) electrons. The van der Waals surface area contributed by atoms with Gasteiger partial charge in [0.2, 0.25) is 5.13 Å². The fraction of sp³-hybridized carbons (Fsp3) is 0.154. The monoisotopic (exact) mass is 353 g/mol. The van der Waals surface area contributed by atoms with Gasteiger partial charge >= 0.3 is 5.97 Å². The largest absolute Gasteiger partial charge is 0.461 e. The number of rotatable bonds is 5. The average Bonchev–Trinajstić information content (AvgIpc) is 2.88. The highest BCUT2D eigenvalue weighted by Gasteiger charge is 2.10. The van der Waals surface area contributed by atoms with Crippen molar-refractivity contribution in [2.24, 2.45) is 5.10 Å². The normalized spacial score (nSPS) is 10.7. The predicted octanol–water partition coefficient (Wildman–Crippen LogP) is 3.53. The number of hydrogen-bond acceptors (Lipinski definition) is 6. The summed E-state index contributed by atoms with van der Waals surface area (Å²) in [6.07, 6.45) is 1.68. The van der Waals surface area contributed by atoms with Crippen molar-refractivity contribution in [3.63, 3.8) is 0 Å². The lowest BCUT2D eigenvalue weighted by atomic mass is 10.2. The molecule has 0 saturated heterocycles. The van der Waals surface area contributed by atoms with E-state index in [9.17, 15) is 4.79 Å². The van der Waals surface area contributed by atoms with Crippen molar-refractivity contribution in [2.75, 3.05) is 12.0 Å². The SMILES string of the molecule is CCOC(=O)c1csc(N/N=C/c2cccc(Br)c2)n1. The first-order valence-corrected chi connectivity index (χ1v) is 7.53. The zero-order valence-electron chi connectivity index (χ0n) is 10.7. The van der Waals surface area contributed by atoms with Gasteiger partial charge in [-0.25, -0.2) is 9.78 Å². The van der Waals surface area contributed by atoms with Crippen molar-refractivity contribution in [1.82, 2.24) is 4.98 Å². The Bertz CT molecular complexity index is 628. The van der Waals surface area contributed by atoms with Crippen molar-refractivity contribution >= 4 is 44.6 Å². The van der Waals surface area contributed by atoms with Gasteiger partial charge in [0.05, 0.1) is 12.8 Å². The number of aromatic nitrogens is 1. The van der Waals surface area contributed by atoms with E-state index >= 15 is 0 Å². The molecule has 0 bridgehead atoms. The maximum Gasteiger partial charge on any atom is 0.357 e. The number of carbonyl (C=O) groups excluding carboxylic acids is 1. The average molecular weight is 354 g/mol. The summed E-state index contributed by atoms with van der Waals surface area (Å²) in [4.78, 5) is 15.5. The molecular weight excluding hydrogens is 342 g/mol. The van der Waals surface area contributed by atoms with Gasteiger partial charge in [0.15, 0.2) is 5.69 Å². The predicted molar refractivity (Wildman–Crippen MR) is 83.4 cm³/mol. The number of nitrogens with zero attached hydrogens (tertiary/aromatic N) is 2. The summed E-state index contributed by atoms with van der Waals surface area (Å²) in [5.74, 6) is -0.423. The Hall–Kier alpha value is -1.73. The smallest absolute Gasteiger partial charge is 0.357 e. The molecule has 0 unspecified atom stereocenters. The Morgan fingerprint density at radius 1 is 1.60 bits per heavy atom. The number of ether oxygens (including phenoxy) is 1. The number of thiazole rings is 1. The maximum absolute atomic E-state index is 11.4. The number of carbonyl (C=O) groups is 1. The minimum Gasteiger partial charge on any atom is -0.461 e. The van der Waals surface area contributed by atoms with Gasteiger partial charge in [-0.05, 0) is 24.6 Å². The quantitative estimate of drug-likeness (QED) is 0.507. The molecule has 2 rings (SSSR count). The molecule has 0 atom stereocenters. The second-order valence-corrected chi connectivity index (χ2v) is 5.46. The minimum absolute atomic E-state index is 0.289. The lowest BCUT2D eigenvalue weighted by Crippen LogP contribution is -2.04. The van der Waals surface area contributed by atoms with Crippen molar-refractivity contribution < 1.29 is 9.53 Å². The van der Waals surface area contributed by atoms with Gasteiger partial charge < -0.3 is 4.74 Å².